The van der Waals surface area contributed by atoms with E-state index in [9.17, 15) is 13.2 Å². The van der Waals surface area contributed by atoms with Crippen LogP contribution in [0.25, 0.3) is 0 Å². The van der Waals surface area contributed by atoms with E-state index >= 15 is 0 Å². The van der Waals surface area contributed by atoms with E-state index in [1.165, 1.54) is 17.4 Å². The Bertz CT molecular complexity index is 773. The second-order valence-electron chi connectivity index (χ2n) is 4.67. The fraction of sp³-hybridized carbons (Fsp3) is 0.308. The number of hydrogen-bond donors (Lipinski definition) is 2. The highest BCUT2D eigenvalue weighted by atomic mass is 32.2. The van der Waals surface area contributed by atoms with Gasteiger partial charge in [0.05, 0.1) is 6.04 Å². The topological polar surface area (TPSA) is 83.5 Å². The number of carbonyl (C=O) groups is 1. The normalized spacial score (nSPS) is 13.3. The van der Waals surface area contributed by atoms with Gasteiger partial charge in [-0.1, -0.05) is 0 Å². The lowest BCUT2D eigenvalue weighted by molar-refractivity contribution is 0.0701. The molecule has 0 aliphatic rings. The Morgan fingerprint density at radius 1 is 1.29 bits per heavy atom. The minimum Gasteiger partial charge on any atom is -0.477 e. The Kier molecular flexibility index (Phi) is 4.52. The van der Waals surface area contributed by atoms with Crippen molar-refractivity contribution in [3.05, 3.63) is 38.4 Å². The number of hydrogen-bond acceptors (Lipinski definition) is 5. The molecule has 2 rings (SSSR count). The molecule has 0 saturated heterocycles. The van der Waals surface area contributed by atoms with Crippen LogP contribution in [0.1, 0.15) is 38.0 Å². The third-order valence-electron chi connectivity index (χ3n) is 2.87. The molecular formula is C13H15NO4S3. The van der Waals surface area contributed by atoms with E-state index in [4.69, 9.17) is 5.11 Å². The second-order valence-corrected chi connectivity index (χ2v) is 8.99. The summed E-state index contributed by atoms with van der Waals surface area (Å²) in [6.07, 6.45) is 0. The monoisotopic (exact) mass is 345 g/mol. The summed E-state index contributed by atoms with van der Waals surface area (Å²) in [5.41, 5.74) is 0.451. The van der Waals surface area contributed by atoms with Crippen LogP contribution in [0.15, 0.2) is 22.4 Å². The SMILES string of the molecule is Cc1ccc(C(C)NS(=O)(=O)c2cc(C)c(C(=O)O)s2)s1. The fourth-order valence-electron chi connectivity index (χ4n) is 1.83. The molecular weight excluding hydrogens is 330 g/mol. The third kappa shape index (κ3) is 3.52. The summed E-state index contributed by atoms with van der Waals surface area (Å²) in [6, 6.07) is 4.85. The first-order valence-electron chi connectivity index (χ1n) is 6.13. The second kappa shape index (κ2) is 5.88. The molecule has 21 heavy (non-hydrogen) atoms. The molecule has 5 nitrogen and oxygen atoms in total. The Labute approximate surface area is 131 Å². The molecule has 0 fully saturated rings. The number of aromatic carboxylic acids is 1. The van der Waals surface area contributed by atoms with E-state index in [2.05, 4.69) is 4.72 Å². The minimum atomic E-state index is -3.72. The zero-order chi connectivity index (χ0) is 15.8. The average molecular weight is 345 g/mol. The number of sulfonamides is 1. The van der Waals surface area contributed by atoms with Crippen molar-refractivity contribution >= 4 is 38.7 Å². The van der Waals surface area contributed by atoms with Gasteiger partial charge in [-0.3, -0.25) is 0 Å². The molecule has 1 unspecified atom stereocenters. The van der Waals surface area contributed by atoms with Crippen LogP contribution < -0.4 is 4.72 Å². The number of thiophene rings is 2. The van der Waals surface area contributed by atoms with Crippen molar-refractivity contribution in [2.75, 3.05) is 0 Å². The Balaban J connectivity index is 2.26. The maximum atomic E-state index is 12.3. The van der Waals surface area contributed by atoms with Crippen LogP contribution in [-0.2, 0) is 10.0 Å². The van der Waals surface area contributed by atoms with E-state index in [0.29, 0.717) is 5.56 Å². The highest BCUT2D eigenvalue weighted by Gasteiger charge is 2.24. The van der Waals surface area contributed by atoms with Gasteiger partial charge in [-0.05, 0) is 44.5 Å². The number of rotatable bonds is 5. The zero-order valence-corrected chi connectivity index (χ0v) is 14.2. The van der Waals surface area contributed by atoms with Gasteiger partial charge in [0, 0.05) is 9.75 Å². The van der Waals surface area contributed by atoms with E-state index in [-0.39, 0.29) is 15.1 Å². The van der Waals surface area contributed by atoms with Crippen LogP contribution in [0.2, 0.25) is 0 Å². The van der Waals surface area contributed by atoms with Gasteiger partial charge >= 0.3 is 5.97 Å². The maximum absolute atomic E-state index is 12.3. The predicted molar refractivity (Wildman–Crippen MR) is 83.8 cm³/mol. The summed E-state index contributed by atoms with van der Waals surface area (Å²) in [4.78, 5) is 13.1. The number of aryl methyl sites for hydroxylation is 2. The molecule has 0 bridgehead atoms. The van der Waals surface area contributed by atoms with Gasteiger partial charge in [-0.15, -0.1) is 22.7 Å². The molecule has 0 radical (unpaired) electrons. The minimum absolute atomic E-state index is 0.0255. The number of carboxylic acid groups (broad SMARTS) is 1. The summed E-state index contributed by atoms with van der Waals surface area (Å²) >= 11 is 2.30. The van der Waals surface area contributed by atoms with Crippen LogP contribution >= 0.6 is 22.7 Å². The van der Waals surface area contributed by atoms with E-state index in [1.807, 2.05) is 19.1 Å². The van der Waals surface area contributed by atoms with E-state index < -0.39 is 16.0 Å². The lowest BCUT2D eigenvalue weighted by atomic mass is 10.3. The molecule has 0 aliphatic carbocycles. The largest absolute Gasteiger partial charge is 0.477 e. The first kappa shape index (κ1) is 16.2. The Morgan fingerprint density at radius 3 is 2.43 bits per heavy atom. The maximum Gasteiger partial charge on any atom is 0.346 e. The molecule has 0 amide bonds. The van der Waals surface area contributed by atoms with Gasteiger partial charge in [0.15, 0.2) is 0 Å². The fourth-order valence-corrected chi connectivity index (χ4v) is 5.40. The van der Waals surface area contributed by atoms with Crippen LogP contribution in [0.5, 0.6) is 0 Å². The van der Waals surface area contributed by atoms with Gasteiger partial charge in [-0.25, -0.2) is 17.9 Å². The Morgan fingerprint density at radius 2 is 1.95 bits per heavy atom. The number of carboxylic acids is 1. The summed E-state index contributed by atoms with van der Waals surface area (Å²) in [5.74, 6) is -1.11. The summed E-state index contributed by atoms with van der Waals surface area (Å²) in [5, 5.41) is 9.00. The van der Waals surface area contributed by atoms with Crippen molar-refractivity contribution in [3.8, 4) is 0 Å². The molecule has 0 spiro atoms. The van der Waals surface area contributed by atoms with Crippen LogP contribution in [0.3, 0.4) is 0 Å². The van der Waals surface area contributed by atoms with Crippen LogP contribution in [0, 0.1) is 13.8 Å². The summed E-state index contributed by atoms with van der Waals surface area (Å²) in [7, 11) is -3.72. The van der Waals surface area contributed by atoms with Crippen molar-refractivity contribution < 1.29 is 18.3 Å². The summed E-state index contributed by atoms with van der Waals surface area (Å²) in [6.45, 7) is 5.31. The smallest absolute Gasteiger partial charge is 0.346 e. The van der Waals surface area contributed by atoms with Crippen LogP contribution in [-0.4, -0.2) is 19.5 Å². The Hall–Kier alpha value is -1.22. The van der Waals surface area contributed by atoms with Gasteiger partial charge in [-0.2, -0.15) is 0 Å². The average Bonchev–Trinajstić information content (AvgIpc) is 2.95. The van der Waals surface area contributed by atoms with Gasteiger partial charge in [0.1, 0.15) is 9.09 Å². The molecule has 8 heteroatoms. The lowest BCUT2D eigenvalue weighted by Crippen LogP contribution is -2.25. The highest BCUT2D eigenvalue weighted by molar-refractivity contribution is 7.91. The van der Waals surface area contributed by atoms with Crippen LogP contribution in [0.4, 0.5) is 0 Å². The summed E-state index contributed by atoms with van der Waals surface area (Å²) < 4.78 is 27.3. The molecule has 1 atom stereocenters. The zero-order valence-electron chi connectivity index (χ0n) is 11.7. The van der Waals surface area contributed by atoms with Crippen molar-refractivity contribution in [2.45, 2.75) is 31.0 Å². The molecule has 2 aromatic rings. The molecule has 114 valence electrons. The molecule has 0 aliphatic heterocycles. The van der Waals surface area contributed by atoms with Crippen molar-refractivity contribution in [2.24, 2.45) is 0 Å². The van der Waals surface area contributed by atoms with Gasteiger partial charge in [0.2, 0.25) is 0 Å². The highest BCUT2D eigenvalue weighted by Crippen LogP contribution is 2.28. The first-order chi connectivity index (χ1) is 9.70. The predicted octanol–water partition coefficient (Wildman–Crippen LogP) is 3.16. The van der Waals surface area contributed by atoms with Crippen molar-refractivity contribution in [1.29, 1.82) is 0 Å². The first-order valence-corrected chi connectivity index (χ1v) is 9.24. The molecule has 0 saturated carbocycles. The van der Waals surface area contributed by atoms with E-state index in [0.717, 1.165) is 21.1 Å². The van der Waals surface area contributed by atoms with Crippen molar-refractivity contribution in [3.63, 3.8) is 0 Å². The lowest BCUT2D eigenvalue weighted by Gasteiger charge is -2.11. The quantitative estimate of drug-likeness (QED) is 0.872. The van der Waals surface area contributed by atoms with Gasteiger partial charge in [0.25, 0.3) is 10.0 Å². The molecule has 2 heterocycles. The van der Waals surface area contributed by atoms with Gasteiger partial charge < -0.3 is 5.11 Å². The van der Waals surface area contributed by atoms with E-state index in [1.54, 1.807) is 13.8 Å². The molecule has 2 N–H and O–H groups in total. The standard InChI is InChI=1S/C13H15NO4S3/c1-7-6-11(20-12(7)13(15)16)21(17,18)14-9(3)10-5-4-8(2)19-10/h4-6,9,14H,1-3H3,(H,15,16). The third-order valence-corrected chi connectivity index (χ3v) is 7.30. The van der Waals surface area contributed by atoms with Crippen molar-refractivity contribution in [1.82, 2.24) is 4.72 Å². The molecule has 2 aromatic heterocycles. The molecule has 0 aromatic carbocycles. The number of nitrogens with one attached hydrogen (secondary N) is 1.